The Morgan fingerprint density at radius 3 is 2.42 bits per heavy atom. The van der Waals surface area contributed by atoms with Crippen molar-refractivity contribution in [2.75, 3.05) is 26.7 Å². The fourth-order valence-corrected chi connectivity index (χ4v) is 9.64. The molecule has 1 N–H and O–H groups in total. The van der Waals surface area contributed by atoms with Crippen LogP contribution < -0.4 is 14.2 Å². The molecule has 2 aromatic heterocycles. The maximum absolute atomic E-state index is 15.0. The van der Waals surface area contributed by atoms with E-state index in [-0.39, 0.29) is 49.1 Å². The lowest BCUT2D eigenvalue weighted by Crippen LogP contribution is -2.49. The van der Waals surface area contributed by atoms with Crippen molar-refractivity contribution >= 4 is 44.4 Å². The van der Waals surface area contributed by atoms with Crippen LogP contribution in [0.4, 0.5) is 0 Å². The molecule has 7 rings (SSSR count). The molecule has 4 aromatic rings. The van der Waals surface area contributed by atoms with Crippen LogP contribution in [0.15, 0.2) is 84.8 Å². The predicted molar refractivity (Wildman–Crippen MR) is 225 cm³/mol. The highest BCUT2D eigenvalue weighted by atomic mass is 32.2. The minimum atomic E-state index is -4.34. The third kappa shape index (κ3) is 8.81. The first-order valence-electron chi connectivity index (χ1n) is 20.5. The van der Waals surface area contributed by atoms with Gasteiger partial charge in [0, 0.05) is 68.7 Å². The molecule has 3 fully saturated rings. The molecular weight excluding hydrogens is 785 g/mol. The van der Waals surface area contributed by atoms with Crippen molar-refractivity contribution in [3.63, 3.8) is 0 Å². The number of methoxy groups -OCH3 is 1. The van der Waals surface area contributed by atoms with E-state index in [1.165, 1.54) is 22.0 Å². The molecule has 0 spiro atoms. The lowest BCUT2D eigenvalue weighted by atomic mass is 9.77. The number of benzene rings is 2. The van der Waals surface area contributed by atoms with Gasteiger partial charge in [0.2, 0.25) is 17.7 Å². The number of amides is 3. The molecular formula is C45H54N6O8S. The van der Waals surface area contributed by atoms with Gasteiger partial charge >= 0.3 is 0 Å². The smallest absolute Gasteiger partial charge is 0.283 e. The SMILES string of the molecule is C=C[C@@H]1C[C@]1(CC(=O)[C@@H]1C[C@@H](Oc2cc(-c3ccccc3)nc3cc(OC)ccc23)CN1C(=O)[C@@H](CC(=O)N1CCCCC1)C(C)(C)C)C(=O)NS(=O)(=O)c1cn(C)cn1. The number of likely N-dealkylation sites (tertiary alicyclic amines) is 2. The van der Waals surface area contributed by atoms with Crippen molar-refractivity contribution in [1.82, 2.24) is 29.1 Å². The number of imidazole rings is 1. The Balaban J connectivity index is 1.22. The second kappa shape index (κ2) is 16.8. The second-order valence-corrected chi connectivity index (χ2v) is 19.1. The average molecular weight is 839 g/mol. The number of hydrogen-bond acceptors (Lipinski definition) is 10. The Kier molecular flexibility index (Phi) is 11.9. The van der Waals surface area contributed by atoms with Crippen molar-refractivity contribution < 1.29 is 37.1 Å². The van der Waals surface area contributed by atoms with E-state index < -0.39 is 56.5 Å². The quantitative estimate of drug-likeness (QED) is 0.155. The molecule has 1 saturated carbocycles. The zero-order valence-corrected chi connectivity index (χ0v) is 35.7. The van der Waals surface area contributed by atoms with E-state index in [2.05, 4.69) is 16.3 Å². The molecule has 1 aliphatic carbocycles. The van der Waals surface area contributed by atoms with Crippen LogP contribution in [-0.2, 0) is 36.2 Å². The molecule has 2 aromatic carbocycles. The van der Waals surface area contributed by atoms with Crippen LogP contribution in [0.2, 0.25) is 0 Å². The molecule has 60 heavy (non-hydrogen) atoms. The lowest BCUT2D eigenvalue weighted by molar-refractivity contribution is -0.148. The first-order valence-corrected chi connectivity index (χ1v) is 22.0. The highest BCUT2D eigenvalue weighted by Crippen LogP contribution is 2.57. The lowest BCUT2D eigenvalue weighted by Gasteiger charge is -2.36. The fraction of sp³-hybridized carbons (Fsp3) is 0.467. The number of carbonyl (C=O) groups is 4. The van der Waals surface area contributed by atoms with Gasteiger partial charge in [-0.3, -0.25) is 19.2 Å². The monoisotopic (exact) mass is 838 g/mol. The van der Waals surface area contributed by atoms with E-state index in [4.69, 9.17) is 14.5 Å². The number of carbonyl (C=O) groups excluding carboxylic acids is 4. The summed E-state index contributed by atoms with van der Waals surface area (Å²) < 4.78 is 42.3. The Morgan fingerprint density at radius 2 is 1.78 bits per heavy atom. The van der Waals surface area contributed by atoms with Gasteiger partial charge in [-0.25, -0.2) is 14.7 Å². The summed E-state index contributed by atoms with van der Waals surface area (Å²) in [6, 6.07) is 16.0. The van der Waals surface area contributed by atoms with E-state index in [1.807, 2.05) is 80.3 Å². The van der Waals surface area contributed by atoms with Crippen LogP contribution in [0.25, 0.3) is 22.2 Å². The second-order valence-electron chi connectivity index (χ2n) is 17.5. The summed E-state index contributed by atoms with van der Waals surface area (Å²) in [6.45, 7) is 10.9. The van der Waals surface area contributed by atoms with Crippen LogP contribution in [0, 0.1) is 22.7 Å². The Bertz CT molecular complexity index is 2400. The molecule has 5 atom stereocenters. The van der Waals surface area contributed by atoms with Gasteiger partial charge in [0.15, 0.2) is 10.8 Å². The third-order valence-electron chi connectivity index (χ3n) is 12.2. The molecule has 0 radical (unpaired) electrons. The molecule has 2 saturated heterocycles. The number of ether oxygens (including phenoxy) is 2. The van der Waals surface area contributed by atoms with Crippen LogP contribution in [0.5, 0.6) is 11.5 Å². The standard InChI is InChI=1S/C45H54N6O8S/c1-7-30-24-45(30,43(55)48-60(56,57)40-27-49(5)28-46-40)25-38(52)37-21-32(26-51(37)42(54)34(44(2,3)4)22-41(53)50-18-12-9-13-19-50)59-39-23-35(29-14-10-8-11-15-29)47-36-20-31(58-6)16-17-33(36)39/h7-8,10-11,14-17,20,23,27-28,30,32,34,37H,1,9,12-13,18-19,21-22,24-26H2,2-6H3,(H,48,55)/t30-,32-,34-,37+,45-/m1/s1. The number of nitrogens with one attached hydrogen (secondary N) is 1. The first kappa shape index (κ1) is 42.6. The van der Waals surface area contributed by atoms with Gasteiger partial charge in [-0.15, -0.1) is 6.58 Å². The van der Waals surface area contributed by atoms with Gasteiger partial charge in [0.1, 0.15) is 17.6 Å². The van der Waals surface area contributed by atoms with Crippen LogP contribution >= 0.6 is 0 Å². The number of rotatable bonds is 14. The molecule has 2 aliphatic heterocycles. The summed E-state index contributed by atoms with van der Waals surface area (Å²) in [6.07, 6.45) is 6.31. The normalized spacial score (nSPS) is 22.2. The number of hydrogen-bond donors (Lipinski definition) is 1. The molecule has 3 amide bonds. The maximum atomic E-state index is 15.0. The zero-order chi connectivity index (χ0) is 43.0. The number of aromatic nitrogens is 3. The largest absolute Gasteiger partial charge is 0.497 e. The topological polar surface area (TPSA) is 170 Å². The number of pyridine rings is 1. The summed E-state index contributed by atoms with van der Waals surface area (Å²) in [7, 11) is -1.15. The Hall–Kier alpha value is -5.57. The Labute approximate surface area is 351 Å². The van der Waals surface area contributed by atoms with Gasteiger partial charge in [0.05, 0.1) is 48.6 Å². The third-order valence-corrected chi connectivity index (χ3v) is 13.5. The summed E-state index contributed by atoms with van der Waals surface area (Å²) >= 11 is 0. The number of piperidine rings is 1. The number of aryl methyl sites for hydroxylation is 1. The van der Waals surface area contributed by atoms with Crippen LogP contribution in [0.3, 0.4) is 0 Å². The minimum absolute atomic E-state index is 0.0151. The van der Waals surface area contributed by atoms with Crippen molar-refractivity contribution in [2.45, 2.75) is 82.9 Å². The van der Waals surface area contributed by atoms with Crippen molar-refractivity contribution in [1.29, 1.82) is 0 Å². The number of fused-ring (bicyclic) bond motifs is 1. The average Bonchev–Trinajstić information content (AvgIpc) is 3.49. The van der Waals surface area contributed by atoms with Gasteiger partial charge in [-0.2, -0.15) is 8.42 Å². The number of nitrogens with zero attached hydrogens (tertiary/aromatic N) is 5. The van der Waals surface area contributed by atoms with E-state index in [9.17, 15) is 27.6 Å². The van der Waals surface area contributed by atoms with E-state index >= 15 is 0 Å². The number of Topliss-reactive ketones (excluding diaryl/α,β-unsaturated/α-hetero) is 1. The van der Waals surface area contributed by atoms with Crippen LogP contribution in [0.1, 0.15) is 65.7 Å². The van der Waals surface area contributed by atoms with Crippen molar-refractivity contribution in [3.8, 4) is 22.8 Å². The van der Waals surface area contributed by atoms with Crippen molar-refractivity contribution in [2.24, 2.45) is 29.7 Å². The highest BCUT2D eigenvalue weighted by Gasteiger charge is 2.61. The summed E-state index contributed by atoms with van der Waals surface area (Å²) in [5.41, 5.74) is 0.112. The summed E-state index contributed by atoms with van der Waals surface area (Å²) in [5, 5.41) is 0.382. The van der Waals surface area contributed by atoms with Crippen LogP contribution in [-0.4, -0.2) is 95.1 Å². The van der Waals surface area contributed by atoms with Crippen molar-refractivity contribution in [3.05, 3.63) is 79.8 Å². The number of sulfonamides is 1. The molecule has 0 bridgehead atoms. The fourth-order valence-electron chi connectivity index (χ4n) is 8.60. The molecule has 0 unspecified atom stereocenters. The summed E-state index contributed by atoms with van der Waals surface area (Å²) in [5.74, 6) is -1.80. The molecule has 14 nitrogen and oxygen atoms in total. The number of allylic oxidation sites excluding steroid dienone is 1. The summed E-state index contributed by atoms with van der Waals surface area (Å²) in [4.78, 5) is 69.5. The first-order chi connectivity index (χ1) is 28.5. The van der Waals surface area contributed by atoms with Gasteiger partial charge in [-0.05, 0) is 49.1 Å². The predicted octanol–water partition coefficient (Wildman–Crippen LogP) is 5.71. The molecule has 3 aliphatic rings. The van der Waals surface area contributed by atoms with Gasteiger partial charge in [-0.1, -0.05) is 57.2 Å². The number of ketones is 1. The zero-order valence-electron chi connectivity index (χ0n) is 34.9. The minimum Gasteiger partial charge on any atom is -0.497 e. The van der Waals surface area contributed by atoms with E-state index in [1.54, 1.807) is 20.2 Å². The maximum Gasteiger partial charge on any atom is 0.283 e. The van der Waals surface area contributed by atoms with E-state index in [0.717, 1.165) is 24.8 Å². The molecule has 15 heteroatoms. The highest BCUT2D eigenvalue weighted by molar-refractivity contribution is 7.90. The molecule has 4 heterocycles. The molecule has 318 valence electrons. The van der Waals surface area contributed by atoms with E-state index in [0.29, 0.717) is 41.2 Å². The van der Waals surface area contributed by atoms with Gasteiger partial charge in [0.25, 0.3) is 10.0 Å². The van der Waals surface area contributed by atoms with Gasteiger partial charge < -0.3 is 23.8 Å². The Morgan fingerprint density at radius 1 is 1.05 bits per heavy atom.